The van der Waals surface area contributed by atoms with Crippen molar-refractivity contribution in [1.29, 1.82) is 0 Å². The number of benzene rings is 1. The molecule has 13 heavy (non-hydrogen) atoms. The molecule has 1 rings (SSSR count). The largest absolute Gasteiger partial charge is 0.366 e. The Morgan fingerprint density at radius 2 is 2.00 bits per heavy atom. The van der Waals surface area contributed by atoms with Gasteiger partial charge in [0.15, 0.2) is 6.29 Å². The molecule has 0 aliphatic rings. The Morgan fingerprint density at radius 3 is 2.46 bits per heavy atom. The Hall–Kier alpha value is -1.15. The second-order valence-electron chi connectivity index (χ2n) is 3.24. The van der Waals surface area contributed by atoms with Gasteiger partial charge in [-0.2, -0.15) is 0 Å². The zero-order valence-electron chi connectivity index (χ0n) is 8.20. The number of hydrogen-bond acceptors (Lipinski definition) is 2. The van der Waals surface area contributed by atoms with Crippen molar-refractivity contribution in [2.45, 2.75) is 19.4 Å². The minimum atomic E-state index is -0.814. The third-order valence-corrected chi connectivity index (χ3v) is 2.33. The Labute approximate surface area is 78.5 Å². The van der Waals surface area contributed by atoms with E-state index in [1.54, 1.807) is 14.0 Å². The summed E-state index contributed by atoms with van der Waals surface area (Å²) in [6.07, 6.45) is 0.829. The molecular formula is C11H14O2. The van der Waals surface area contributed by atoms with Crippen LogP contribution in [0.1, 0.15) is 18.1 Å². The van der Waals surface area contributed by atoms with Crippen LogP contribution in [-0.2, 0) is 15.1 Å². The van der Waals surface area contributed by atoms with Crippen LogP contribution in [0.2, 0.25) is 0 Å². The molecule has 2 heteroatoms. The summed E-state index contributed by atoms with van der Waals surface area (Å²) in [5.41, 5.74) is 1.18. The Morgan fingerprint density at radius 1 is 1.38 bits per heavy atom. The van der Waals surface area contributed by atoms with E-state index < -0.39 is 5.60 Å². The topological polar surface area (TPSA) is 26.3 Å². The van der Waals surface area contributed by atoms with E-state index in [-0.39, 0.29) is 0 Å². The van der Waals surface area contributed by atoms with Crippen LogP contribution < -0.4 is 0 Å². The van der Waals surface area contributed by atoms with Crippen LogP contribution in [0.25, 0.3) is 0 Å². The summed E-state index contributed by atoms with van der Waals surface area (Å²) in [7, 11) is 1.54. The number of carbonyl (C=O) groups is 1. The average molecular weight is 178 g/mol. The fraction of sp³-hybridized carbons (Fsp3) is 0.364. The van der Waals surface area contributed by atoms with Crippen molar-refractivity contribution in [2.75, 3.05) is 7.11 Å². The molecule has 0 aliphatic carbocycles. The van der Waals surface area contributed by atoms with Gasteiger partial charge in [0, 0.05) is 7.11 Å². The van der Waals surface area contributed by atoms with Crippen molar-refractivity contribution in [1.82, 2.24) is 0 Å². The molecular weight excluding hydrogens is 164 g/mol. The molecule has 0 bridgehead atoms. The summed E-state index contributed by atoms with van der Waals surface area (Å²) >= 11 is 0. The van der Waals surface area contributed by atoms with Gasteiger partial charge in [-0.1, -0.05) is 24.3 Å². The van der Waals surface area contributed by atoms with Gasteiger partial charge in [0.1, 0.15) is 5.60 Å². The molecule has 0 fully saturated rings. The monoisotopic (exact) mass is 178 g/mol. The molecule has 0 aliphatic heterocycles. The zero-order chi connectivity index (χ0) is 9.90. The first-order valence-corrected chi connectivity index (χ1v) is 4.21. The van der Waals surface area contributed by atoms with Crippen molar-refractivity contribution in [3.8, 4) is 0 Å². The van der Waals surface area contributed by atoms with Gasteiger partial charge in [-0.25, -0.2) is 0 Å². The fourth-order valence-electron chi connectivity index (χ4n) is 1.35. The quantitative estimate of drug-likeness (QED) is 0.662. The SMILES string of the molecule is COC(C)(C=O)c1ccccc1C. The Balaban J connectivity index is 3.19. The molecule has 0 aromatic heterocycles. The summed E-state index contributed by atoms with van der Waals surface area (Å²) in [6.45, 7) is 3.73. The van der Waals surface area contributed by atoms with E-state index >= 15 is 0 Å². The van der Waals surface area contributed by atoms with Gasteiger partial charge in [0.2, 0.25) is 0 Å². The van der Waals surface area contributed by atoms with Gasteiger partial charge in [-0.3, -0.25) is 4.79 Å². The molecule has 1 atom stereocenters. The van der Waals surface area contributed by atoms with Crippen molar-refractivity contribution in [3.63, 3.8) is 0 Å². The number of methoxy groups -OCH3 is 1. The third-order valence-electron chi connectivity index (χ3n) is 2.33. The third kappa shape index (κ3) is 1.78. The first-order valence-electron chi connectivity index (χ1n) is 4.21. The molecule has 0 heterocycles. The van der Waals surface area contributed by atoms with Crippen LogP contribution in [0.5, 0.6) is 0 Å². The van der Waals surface area contributed by atoms with E-state index in [0.717, 1.165) is 17.4 Å². The highest BCUT2D eigenvalue weighted by Crippen LogP contribution is 2.24. The lowest BCUT2D eigenvalue weighted by molar-refractivity contribution is -0.126. The van der Waals surface area contributed by atoms with Crippen LogP contribution in [-0.4, -0.2) is 13.4 Å². The van der Waals surface area contributed by atoms with E-state index in [4.69, 9.17) is 4.74 Å². The van der Waals surface area contributed by atoms with Crippen LogP contribution in [0.3, 0.4) is 0 Å². The molecule has 70 valence electrons. The highest BCUT2D eigenvalue weighted by atomic mass is 16.5. The lowest BCUT2D eigenvalue weighted by atomic mass is 9.93. The van der Waals surface area contributed by atoms with Crippen molar-refractivity contribution in [2.24, 2.45) is 0 Å². The molecule has 0 amide bonds. The van der Waals surface area contributed by atoms with Crippen molar-refractivity contribution in [3.05, 3.63) is 35.4 Å². The zero-order valence-corrected chi connectivity index (χ0v) is 8.20. The van der Waals surface area contributed by atoms with Gasteiger partial charge in [-0.15, -0.1) is 0 Å². The van der Waals surface area contributed by atoms with Gasteiger partial charge in [0.25, 0.3) is 0 Å². The maximum atomic E-state index is 10.9. The summed E-state index contributed by atoms with van der Waals surface area (Å²) in [5.74, 6) is 0. The van der Waals surface area contributed by atoms with E-state index in [9.17, 15) is 4.79 Å². The molecule has 1 aromatic carbocycles. The van der Waals surface area contributed by atoms with Crippen molar-refractivity contribution >= 4 is 6.29 Å². The van der Waals surface area contributed by atoms with Crippen LogP contribution >= 0.6 is 0 Å². The maximum Gasteiger partial charge on any atom is 0.156 e. The molecule has 1 aromatic rings. The maximum absolute atomic E-state index is 10.9. The Kier molecular flexibility index (Phi) is 2.83. The van der Waals surface area contributed by atoms with Crippen LogP contribution in [0.15, 0.2) is 24.3 Å². The summed E-state index contributed by atoms with van der Waals surface area (Å²) < 4.78 is 5.19. The number of hydrogen-bond donors (Lipinski definition) is 0. The first-order chi connectivity index (χ1) is 6.14. The number of rotatable bonds is 3. The van der Waals surface area contributed by atoms with Gasteiger partial charge in [0.05, 0.1) is 0 Å². The smallest absolute Gasteiger partial charge is 0.156 e. The fourth-order valence-corrected chi connectivity index (χ4v) is 1.35. The van der Waals surface area contributed by atoms with Gasteiger partial charge in [-0.05, 0) is 25.0 Å². The second-order valence-corrected chi connectivity index (χ2v) is 3.24. The Bertz CT molecular complexity index is 307. The minimum Gasteiger partial charge on any atom is -0.366 e. The molecule has 0 saturated heterocycles. The number of ether oxygens (including phenoxy) is 1. The second kappa shape index (κ2) is 3.71. The molecule has 0 spiro atoms. The summed E-state index contributed by atoms with van der Waals surface area (Å²) in [6, 6.07) is 7.73. The van der Waals surface area contributed by atoms with Crippen LogP contribution in [0, 0.1) is 6.92 Å². The standard InChI is InChI=1S/C11H14O2/c1-9-6-4-5-7-10(9)11(2,8-12)13-3/h4-8H,1-3H3. The normalized spacial score (nSPS) is 15.0. The first kappa shape index (κ1) is 9.93. The lowest BCUT2D eigenvalue weighted by Gasteiger charge is -2.23. The molecule has 0 saturated carbocycles. The lowest BCUT2D eigenvalue weighted by Crippen LogP contribution is -2.26. The molecule has 1 unspecified atom stereocenters. The summed E-state index contributed by atoms with van der Waals surface area (Å²) in [4.78, 5) is 10.9. The number of aryl methyl sites for hydroxylation is 1. The highest BCUT2D eigenvalue weighted by Gasteiger charge is 2.26. The van der Waals surface area contributed by atoms with E-state index in [2.05, 4.69) is 0 Å². The van der Waals surface area contributed by atoms with E-state index in [0.29, 0.717) is 0 Å². The predicted octanol–water partition coefficient (Wildman–Crippen LogP) is 2.06. The molecule has 0 radical (unpaired) electrons. The van der Waals surface area contributed by atoms with E-state index in [1.807, 2.05) is 31.2 Å². The molecule has 2 nitrogen and oxygen atoms in total. The summed E-state index contributed by atoms with van der Waals surface area (Å²) in [5, 5.41) is 0. The van der Waals surface area contributed by atoms with Gasteiger partial charge >= 0.3 is 0 Å². The number of aldehydes is 1. The van der Waals surface area contributed by atoms with Gasteiger partial charge < -0.3 is 4.74 Å². The predicted molar refractivity (Wildman–Crippen MR) is 51.6 cm³/mol. The molecule has 0 N–H and O–H groups in total. The van der Waals surface area contributed by atoms with Crippen LogP contribution in [0.4, 0.5) is 0 Å². The van der Waals surface area contributed by atoms with Crippen molar-refractivity contribution < 1.29 is 9.53 Å². The highest BCUT2D eigenvalue weighted by molar-refractivity contribution is 5.66. The average Bonchev–Trinajstić information content (AvgIpc) is 2.17. The minimum absolute atomic E-state index is 0.814. The van der Waals surface area contributed by atoms with E-state index in [1.165, 1.54) is 0 Å². The number of carbonyl (C=O) groups excluding carboxylic acids is 1.